The molecule has 1 saturated heterocycles. The molecule has 2 atom stereocenters. The summed E-state index contributed by atoms with van der Waals surface area (Å²) in [6.45, 7) is 14.6. The van der Waals surface area contributed by atoms with Gasteiger partial charge < -0.3 is 15.1 Å². The lowest BCUT2D eigenvalue weighted by molar-refractivity contribution is 0.188. The van der Waals surface area contributed by atoms with Crippen LogP contribution in [0.1, 0.15) is 40.0 Å². The molecule has 3 heteroatoms. The number of nitrogens with zero attached hydrogens (tertiary/aromatic N) is 2. The van der Waals surface area contributed by atoms with Crippen molar-refractivity contribution >= 4 is 0 Å². The Morgan fingerprint density at radius 1 is 1.16 bits per heavy atom. The van der Waals surface area contributed by atoms with Crippen molar-refractivity contribution in [2.24, 2.45) is 11.3 Å². The summed E-state index contributed by atoms with van der Waals surface area (Å²) in [5.74, 6) is 0.846. The highest BCUT2D eigenvalue weighted by molar-refractivity contribution is 4.97. The number of hydrogen-bond donors (Lipinski definition) is 1. The largest absolute Gasteiger partial charge is 0.313 e. The van der Waals surface area contributed by atoms with E-state index in [0.717, 1.165) is 12.5 Å². The molecule has 2 rings (SSSR count). The molecule has 0 aromatic heterocycles. The zero-order valence-electron chi connectivity index (χ0n) is 13.4. The van der Waals surface area contributed by atoms with Gasteiger partial charge in [0.2, 0.25) is 0 Å². The molecule has 1 N–H and O–H groups in total. The third-order valence-electron chi connectivity index (χ3n) is 5.20. The number of hydrogen-bond acceptors (Lipinski definition) is 3. The number of likely N-dealkylation sites (N-methyl/N-ethyl adjacent to an activating group) is 1. The highest BCUT2D eigenvalue weighted by Crippen LogP contribution is 2.41. The summed E-state index contributed by atoms with van der Waals surface area (Å²) in [5, 5.41) is 3.76. The Hall–Kier alpha value is -0.120. The van der Waals surface area contributed by atoms with E-state index in [-0.39, 0.29) is 0 Å². The molecule has 112 valence electrons. The molecule has 0 aromatic carbocycles. The van der Waals surface area contributed by atoms with E-state index in [1.54, 1.807) is 0 Å². The van der Waals surface area contributed by atoms with Crippen LogP contribution in [0.4, 0.5) is 0 Å². The third-order valence-corrected chi connectivity index (χ3v) is 5.20. The highest BCUT2D eigenvalue weighted by Gasteiger charge is 2.41. The van der Waals surface area contributed by atoms with E-state index in [2.05, 4.69) is 42.9 Å². The van der Waals surface area contributed by atoms with Gasteiger partial charge in [0, 0.05) is 25.7 Å². The average Bonchev–Trinajstić information content (AvgIpc) is 2.53. The molecule has 0 aromatic rings. The van der Waals surface area contributed by atoms with Gasteiger partial charge in [0.1, 0.15) is 0 Å². The van der Waals surface area contributed by atoms with Gasteiger partial charge >= 0.3 is 0 Å². The summed E-state index contributed by atoms with van der Waals surface area (Å²) in [5.41, 5.74) is 0.476. The second kappa shape index (κ2) is 6.55. The van der Waals surface area contributed by atoms with Crippen LogP contribution in [-0.2, 0) is 0 Å². The van der Waals surface area contributed by atoms with Crippen molar-refractivity contribution in [3.05, 3.63) is 0 Å². The molecule has 0 amide bonds. The number of nitrogens with one attached hydrogen (secondary N) is 1. The van der Waals surface area contributed by atoms with Crippen molar-refractivity contribution in [2.45, 2.75) is 46.1 Å². The molecule has 1 saturated carbocycles. The molecule has 2 aliphatic rings. The summed E-state index contributed by atoms with van der Waals surface area (Å²) in [6.07, 6.45) is 4.11. The van der Waals surface area contributed by atoms with Gasteiger partial charge in [0.05, 0.1) is 0 Å². The molecule has 1 aliphatic heterocycles. The zero-order valence-corrected chi connectivity index (χ0v) is 13.4. The van der Waals surface area contributed by atoms with E-state index in [1.807, 2.05) is 0 Å². The minimum Gasteiger partial charge on any atom is -0.313 e. The van der Waals surface area contributed by atoms with Crippen molar-refractivity contribution in [3.63, 3.8) is 0 Å². The van der Waals surface area contributed by atoms with Crippen molar-refractivity contribution < 1.29 is 0 Å². The molecule has 19 heavy (non-hydrogen) atoms. The first-order chi connectivity index (χ1) is 9.03. The van der Waals surface area contributed by atoms with Crippen LogP contribution in [0.25, 0.3) is 0 Å². The van der Waals surface area contributed by atoms with Gasteiger partial charge in [0.15, 0.2) is 0 Å². The fourth-order valence-electron chi connectivity index (χ4n) is 3.99. The molecule has 0 bridgehead atoms. The van der Waals surface area contributed by atoms with Crippen LogP contribution >= 0.6 is 0 Å². The molecule has 0 spiro atoms. The van der Waals surface area contributed by atoms with Crippen molar-refractivity contribution in [1.29, 1.82) is 0 Å². The van der Waals surface area contributed by atoms with E-state index in [1.165, 1.54) is 52.0 Å². The van der Waals surface area contributed by atoms with Gasteiger partial charge in [-0.15, -0.1) is 0 Å². The van der Waals surface area contributed by atoms with E-state index in [9.17, 15) is 0 Å². The van der Waals surface area contributed by atoms with Crippen molar-refractivity contribution in [2.75, 3.05) is 46.3 Å². The van der Waals surface area contributed by atoms with Crippen LogP contribution in [0.5, 0.6) is 0 Å². The summed E-state index contributed by atoms with van der Waals surface area (Å²) in [6, 6.07) is 0.707. The van der Waals surface area contributed by atoms with Gasteiger partial charge in [-0.05, 0) is 57.3 Å². The molecule has 3 nitrogen and oxygen atoms in total. The second-order valence-electron chi connectivity index (χ2n) is 7.28. The fraction of sp³-hybridized carbons (Fsp3) is 1.00. The Bertz CT molecular complexity index is 277. The lowest BCUT2D eigenvalue weighted by Gasteiger charge is -2.34. The van der Waals surface area contributed by atoms with Crippen molar-refractivity contribution in [3.8, 4) is 0 Å². The van der Waals surface area contributed by atoms with Gasteiger partial charge in [-0.1, -0.05) is 20.8 Å². The minimum atomic E-state index is 0.476. The van der Waals surface area contributed by atoms with E-state index in [4.69, 9.17) is 0 Å². The molecule has 1 aliphatic carbocycles. The Morgan fingerprint density at radius 3 is 2.68 bits per heavy atom. The van der Waals surface area contributed by atoms with Gasteiger partial charge in [-0.3, -0.25) is 0 Å². The second-order valence-corrected chi connectivity index (χ2v) is 7.28. The summed E-state index contributed by atoms with van der Waals surface area (Å²) in [7, 11) is 2.25. The van der Waals surface area contributed by atoms with Gasteiger partial charge in [0.25, 0.3) is 0 Å². The maximum Gasteiger partial charge on any atom is 0.0159 e. The lowest BCUT2D eigenvalue weighted by atomic mass is 9.84. The minimum absolute atomic E-state index is 0.476. The van der Waals surface area contributed by atoms with Crippen LogP contribution in [0.3, 0.4) is 0 Å². The first kappa shape index (κ1) is 15.3. The molecule has 2 fully saturated rings. The van der Waals surface area contributed by atoms with Crippen LogP contribution in [-0.4, -0.2) is 62.2 Å². The average molecular weight is 267 g/mol. The highest BCUT2D eigenvalue weighted by atomic mass is 15.2. The fourth-order valence-corrected chi connectivity index (χ4v) is 3.99. The predicted octanol–water partition coefficient (Wildman–Crippen LogP) is 2.04. The summed E-state index contributed by atoms with van der Waals surface area (Å²) >= 11 is 0. The standard InChI is InChI=1S/C16H33N3/c1-5-17-15-14(7-8-16(15,2)3)13-19-10-6-9-18(4)11-12-19/h14-15,17H,5-13H2,1-4H3. The zero-order chi connectivity index (χ0) is 13.9. The van der Waals surface area contributed by atoms with E-state index >= 15 is 0 Å². The first-order valence-corrected chi connectivity index (χ1v) is 8.17. The summed E-state index contributed by atoms with van der Waals surface area (Å²) < 4.78 is 0. The molecular formula is C16H33N3. The first-order valence-electron chi connectivity index (χ1n) is 8.17. The molecular weight excluding hydrogens is 234 g/mol. The smallest absolute Gasteiger partial charge is 0.0159 e. The third kappa shape index (κ3) is 3.93. The maximum atomic E-state index is 3.76. The Labute approximate surface area is 119 Å². The molecule has 1 heterocycles. The topological polar surface area (TPSA) is 18.5 Å². The lowest BCUT2D eigenvalue weighted by Crippen LogP contribution is -2.46. The van der Waals surface area contributed by atoms with Crippen LogP contribution in [0.15, 0.2) is 0 Å². The Kier molecular flexibility index (Phi) is 5.27. The molecule has 2 unspecified atom stereocenters. The summed E-state index contributed by atoms with van der Waals surface area (Å²) in [4.78, 5) is 5.18. The van der Waals surface area contributed by atoms with E-state index < -0.39 is 0 Å². The Balaban J connectivity index is 1.90. The Morgan fingerprint density at radius 2 is 1.95 bits per heavy atom. The number of rotatable bonds is 4. The van der Waals surface area contributed by atoms with Crippen molar-refractivity contribution in [1.82, 2.24) is 15.1 Å². The molecule has 0 radical (unpaired) electrons. The normalized spacial score (nSPS) is 33.5. The quantitative estimate of drug-likeness (QED) is 0.841. The SMILES string of the molecule is CCNC1C(CN2CCCN(C)CC2)CCC1(C)C. The van der Waals surface area contributed by atoms with Crippen LogP contribution < -0.4 is 5.32 Å². The van der Waals surface area contributed by atoms with Crippen LogP contribution in [0, 0.1) is 11.3 Å². The van der Waals surface area contributed by atoms with Crippen LogP contribution in [0.2, 0.25) is 0 Å². The van der Waals surface area contributed by atoms with Gasteiger partial charge in [-0.2, -0.15) is 0 Å². The van der Waals surface area contributed by atoms with E-state index in [0.29, 0.717) is 11.5 Å². The predicted molar refractivity (Wildman–Crippen MR) is 82.5 cm³/mol. The monoisotopic (exact) mass is 267 g/mol. The van der Waals surface area contributed by atoms with Gasteiger partial charge in [-0.25, -0.2) is 0 Å². The maximum absolute atomic E-state index is 3.76.